The van der Waals surface area contributed by atoms with Crippen LogP contribution in [0.15, 0.2) is 48.9 Å². The Balaban J connectivity index is 2.14. The van der Waals surface area contributed by atoms with E-state index in [1.807, 2.05) is 0 Å². The lowest BCUT2D eigenvalue weighted by Gasteiger charge is -1.99. The normalized spacial score (nSPS) is 11.6. The van der Waals surface area contributed by atoms with E-state index in [4.69, 9.17) is 9.84 Å². The van der Waals surface area contributed by atoms with Gasteiger partial charge in [0.1, 0.15) is 5.75 Å². The van der Waals surface area contributed by atoms with Crippen LogP contribution in [0.3, 0.4) is 0 Å². The van der Waals surface area contributed by atoms with Gasteiger partial charge >= 0.3 is 5.97 Å². The first-order valence-corrected chi connectivity index (χ1v) is 6.40. The van der Waals surface area contributed by atoms with E-state index in [0.29, 0.717) is 0 Å². The van der Waals surface area contributed by atoms with Crippen LogP contribution in [0.5, 0.6) is 5.75 Å². The molecule has 1 aromatic carbocycles. The van der Waals surface area contributed by atoms with E-state index < -0.39 is 11.8 Å². The maximum absolute atomic E-state index is 11.9. The molecule has 0 aliphatic carbocycles. The van der Waals surface area contributed by atoms with Gasteiger partial charge in [-0.25, -0.2) is 9.78 Å². The molecule has 6 nitrogen and oxygen atoms in total. The SMILES string of the molecule is COc1ccc(C=CC(=O)C=C(C(=O)O)c2cnc[nH]2)cc1. The number of rotatable bonds is 6. The van der Waals surface area contributed by atoms with Gasteiger partial charge in [0, 0.05) is 6.08 Å². The molecule has 112 valence electrons. The Kier molecular flexibility index (Phi) is 4.87. The molecule has 2 aromatic rings. The number of allylic oxidation sites excluding steroid dienone is 2. The number of H-pyrrole nitrogens is 1. The van der Waals surface area contributed by atoms with Gasteiger partial charge in [-0.2, -0.15) is 0 Å². The largest absolute Gasteiger partial charge is 0.497 e. The first-order chi connectivity index (χ1) is 10.6. The van der Waals surface area contributed by atoms with E-state index in [1.54, 1.807) is 37.5 Å². The molecule has 6 heteroatoms. The Morgan fingerprint density at radius 3 is 2.55 bits per heavy atom. The van der Waals surface area contributed by atoms with Crippen molar-refractivity contribution in [2.45, 2.75) is 0 Å². The number of benzene rings is 1. The number of carbonyl (C=O) groups is 2. The Morgan fingerprint density at radius 1 is 1.27 bits per heavy atom. The summed E-state index contributed by atoms with van der Waals surface area (Å²) in [5, 5.41) is 9.13. The lowest BCUT2D eigenvalue weighted by Crippen LogP contribution is -2.02. The van der Waals surface area contributed by atoms with Gasteiger partial charge in [-0.3, -0.25) is 4.79 Å². The first kappa shape index (κ1) is 15.2. The number of aromatic nitrogens is 2. The van der Waals surface area contributed by atoms with E-state index in [2.05, 4.69) is 9.97 Å². The average molecular weight is 298 g/mol. The quantitative estimate of drug-likeness (QED) is 0.797. The van der Waals surface area contributed by atoms with E-state index in [1.165, 1.54) is 18.6 Å². The molecule has 0 amide bonds. The highest BCUT2D eigenvalue weighted by Gasteiger charge is 2.12. The van der Waals surface area contributed by atoms with Crippen LogP contribution in [0, 0.1) is 0 Å². The third-order valence-electron chi connectivity index (χ3n) is 2.86. The zero-order chi connectivity index (χ0) is 15.9. The molecule has 0 saturated carbocycles. The molecule has 0 fully saturated rings. The van der Waals surface area contributed by atoms with Gasteiger partial charge in [-0.05, 0) is 23.8 Å². The van der Waals surface area contributed by atoms with Crippen LogP contribution < -0.4 is 4.74 Å². The summed E-state index contributed by atoms with van der Waals surface area (Å²) < 4.78 is 5.04. The summed E-state index contributed by atoms with van der Waals surface area (Å²) >= 11 is 0. The summed E-state index contributed by atoms with van der Waals surface area (Å²) in [6, 6.07) is 7.12. The molecule has 0 unspecified atom stereocenters. The van der Waals surface area contributed by atoms with Crippen molar-refractivity contribution < 1.29 is 19.4 Å². The Bertz CT molecular complexity index is 713. The van der Waals surface area contributed by atoms with Gasteiger partial charge < -0.3 is 14.8 Å². The third kappa shape index (κ3) is 3.92. The second kappa shape index (κ2) is 7.03. The molecule has 22 heavy (non-hydrogen) atoms. The van der Waals surface area contributed by atoms with Crippen molar-refractivity contribution in [1.82, 2.24) is 9.97 Å². The summed E-state index contributed by atoms with van der Waals surface area (Å²) in [6.45, 7) is 0. The first-order valence-electron chi connectivity index (χ1n) is 6.40. The summed E-state index contributed by atoms with van der Waals surface area (Å²) in [4.78, 5) is 29.4. The van der Waals surface area contributed by atoms with Crippen LogP contribution in [-0.2, 0) is 9.59 Å². The Labute approximate surface area is 126 Å². The topological polar surface area (TPSA) is 92.3 Å². The van der Waals surface area contributed by atoms with Crippen molar-refractivity contribution in [2.24, 2.45) is 0 Å². The molecular weight excluding hydrogens is 284 g/mol. The van der Waals surface area contributed by atoms with E-state index >= 15 is 0 Å². The smallest absolute Gasteiger partial charge is 0.338 e. The number of aliphatic carboxylic acids is 1. The number of nitrogens with zero attached hydrogens (tertiary/aromatic N) is 1. The van der Waals surface area contributed by atoms with E-state index in [9.17, 15) is 9.59 Å². The fourth-order valence-electron chi connectivity index (χ4n) is 1.74. The molecule has 0 saturated heterocycles. The summed E-state index contributed by atoms with van der Waals surface area (Å²) in [5.41, 5.74) is 0.946. The monoisotopic (exact) mass is 298 g/mol. The standard InChI is InChI=1S/C16H14N2O4/c1-22-13-6-3-11(4-7-13)2-5-12(19)8-14(16(20)21)15-9-17-10-18-15/h2-10H,1H3,(H,17,18)(H,20,21). The molecular formula is C16H14N2O4. The van der Waals surface area contributed by atoms with Crippen molar-refractivity contribution in [2.75, 3.05) is 7.11 Å². The minimum atomic E-state index is -1.20. The van der Waals surface area contributed by atoms with E-state index in [-0.39, 0.29) is 11.3 Å². The predicted octanol–water partition coefficient (Wildman–Crippen LogP) is 2.17. The number of methoxy groups -OCH3 is 1. The number of carbonyl (C=O) groups excluding carboxylic acids is 1. The number of ketones is 1. The number of carboxylic acids is 1. The number of carboxylic acid groups (broad SMARTS) is 1. The molecule has 1 aromatic heterocycles. The number of imidazole rings is 1. The van der Waals surface area contributed by atoms with Gasteiger partial charge in [0.25, 0.3) is 0 Å². The number of hydrogen-bond acceptors (Lipinski definition) is 4. The molecule has 0 bridgehead atoms. The number of hydrogen-bond donors (Lipinski definition) is 2. The second-order valence-corrected chi connectivity index (χ2v) is 4.34. The van der Waals surface area contributed by atoms with Crippen molar-refractivity contribution in [3.05, 3.63) is 60.2 Å². The summed E-state index contributed by atoms with van der Waals surface area (Å²) in [5.74, 6) is -0.908. The lowest BCUT2D eigenvalue weighted by atomic mass is 10.1. The minimum Gasteiger partial charge on any atom is -0.497 e. The fraction of sp³-hybridized carbons (Fsp3) is 0.0625. The van der Waals surface area contributed by atoms with Crippen molar-refractivity contribution in [3.8, 4) is 5.75 Å². The highest BCUT2D eigenvalue weighted by molar-refractivity contribution is 6.21. The fourth-order valence-corrected chi connectivity index (χ4v) is 1.74. The van der Waals surface area contributed by atoms with Gasteiger partial charge in [0.15, 0.2) is 5.78 Å². The molecule has 0 aliphatic heterocycles. The summed E-state index contributed by atoms with van der Waals surface area (Å²) in [6.07, 6.45) is 6.66. The van der Waals surface area contributed by atoms with Crippen LogP contribution in [0.25, 0.3) is 11.6 Å². The highest BCUT2D eigenvalue weighted by Crippen LogP contribution is 2.13. The average Bonchev–Trinajstić information content (AvgIpc) is 3.04. The van der Waals surface area contributed by atoms with Crippen LogP contribution >= 0.6 is 0 Å². The molecule has 2 rings (SSSR count). The lowest BCUT2D eigenvalue weighted by molar-refractivity contribution is -0.130. The zero-order valence-electron chi connectivity index (χ0n) is 11.8. The number of nitrogens with one attached hydrogen (secondary N) is 1. The molecule has 0 radical (unpaired) electrons. The maximum Gasteiger partial charge on any atom is 0.338 e. The highest BCUT2D eigenvalue weighted by atomic mass is 16.5. The molecule has 1 heterocycles. The molecule has 0 aliphatic rings. The zero-order valence-corrected chi connectivity index (χ0v) is 11.8. The number of ether oxygens (including phenoxy) is 1. The Morgan fingerprint density at radius 2 is 2.00 bits per heavy atom. The van der Waals surface area contributed by atoms with Crippen LogP contribution in [0.4, 0.5) is 0 Å². The molecule has 2 N–H and O–H groups in total. The molecule has 0 spiro atoms. The molecule has 0 atom stereocenters. The van der Waals surface area contributed by atoms with E-state index in [0.717, 1.165) is 17.4 Å². The van der Waals surface area contributed by atoms with Crippen molar-refractivity contribution in [3.63, 3.8) is 0 Å². The van der Waals surface area contributed by atoms with Gasteiger partial charge in [0.2, 0.25) is 0 Å². The Hall–Kier alpha value is -3.15. The van der Waals surface area contributed by atoms with Crippen LogP contribution in [0.2, 0.25) is 0 Å². The van der Waals surface area contributed by atoms with Crippen LogP contribution in [0.1, 0.15) is 11.3 Å². The third-order valence-corrected chi connectivity index (χ3v) is 2.86. The second-order valence-electron chi connectivity index (χ2n) is 4.34. The maximum atomic E-state index is 11.9. The number of aromatic amines is 1. The van der Waals surface area contributed by atoms with Crippen molar-refractivity contribution >= 4 is 23.4 Å². The van der Waals surface area contributed by atoms with Gasteiger partial charge in [-0.15, -0.1) is 0 Å². The van der Waals surface area contributed by atoms with Crippen molar-refractivity contribution in [1.29, 1.82) is 0 Å². The van der Waals surface area contributed by atoms with Gasteiger partial charge in [0.05, 0.1) is 30.9 Å². The van der Waals surface area contributed by atoms with Crippen LogP contribution in [-0.4, -0.2) is 33.9 Å². The summed E-state index contributed by atoms with van der Waals surface area (Å²) in [7, 11) is 1.57. The van der Waals surface area contributed by atoms with Gasteiger partial charge in [-0.1, -0.05) is 18.2 Å². The minimum absolute atomic E-state index is 0.137. The predicted molar refractivity (Wildman–Crippen MR) is 81.2 cm³/mol.